The van der Waals surface area contributed by atoms with E-state index in [4.69, 9.17) is 9.47 Å². The zero-order valence-corrected chi connectivity index (χ0v) is 43.5. The second kappa shape index (κ2) is 56.2. The van der Waals surface area contributed by atoms with Crippen molar-refractivity contribution in [2.45, 2.75) is 309 Å². The Labute approximate surface area is 405 Å². The highest BCUT2D eigenvalue weighted by Gasteiger charge is 2.16. The van der Waals surface area contributed by atoms with Crippen molar-refractivity contribution in [2.24, 2.45) is 0 Å². The van der Waals surface area contributed by atoms with Gasteiger partial charge in [0, 0.05) is 12.8 Å². The van der Waals surface area contributed by atoms with Crippen LogP contribution in [0.5, 0.6) is 0 Å². The number of aliphatic hydroxyl groups is 1. The Hall–Kier alpha value is -2.14. The van der Waals surface area contributed by atoms with Crippen LogP contribution >= 0.6 is 0 Å². The molecule has 0 saturated carbocycles. The van der Waals surface area contributed by atoms with Crippen LogP contribution in [0.3, 0.4) is 0 Å². The van der Waals surface area contributed by atoms with Gasteiger partial charge in [0.1, 0.15) is 6.61 Å². The summed E-state index contributed by atoms with van der Waals surface area (Å²) in [5.41, 5.74) is 0. The van der Waals surface area contributed by atoms with Gasteiger partial charge < -0.3 is 14.6 Å². The van der Waals surface area contributed by atoms with Crippen molar-refractivity contribution in [1.82, 2.24) is 0 Å². The second-order valence-corrected chi connectivity index (χ2v) is 19.4. The van der Waals surface area contributed by atoms with Gasteiger partial charge >= 0.3 is 11.9 Å². The minimum Gasteiger partial charge on any atom is -0.462 e. The van der Waals surface area contributed by atoms with Gasteiger partial charge in [-0.1, -0.05) is 262 Å². The summed E-state index contributed by atoms with van der Waals surface area (Å²) in [6, 6.07) is 0. The Balaban J connectivity index is 3.41. The normalized spacial score (nSPS) is 12.5. The van der Waals surface area contributed by atoms with Crippen LogP contribution in [0.4, 0.5) is 0 Å². The maximum atomic E-state index is 12.3. The van der Waals surface area contributed by atoms with Gasteiger partial charge in [-0.2, -0.15) is 0 Å². The molecular formula is C60H110O5. The maximum absolute atomic E-state index is 12.3. The van der Waals surface area contributed by atoms with Crippen LogP contribution in [0.15, 0.2) is 48.6 Å². The Morgan fingerprint density at radius 3 is 0.923 bits per heavy atom. The second-order valence-electron chi connectivity index (χ2n) is 19.4. The van der Waals surface area contributed by atoms with Crippen molar-refractivity contribution in [2.75, 3.05) is 13.2 Å². The van der Waals surface area contributed by atoms with E-state index >= 15 is 0 Å². The molecular weight excluding hydrogens is 801 g/mol. The molecule has 0 aromatic heterocycles. The first kappa shape index (κ1) is 62.9. The van der Waals surface area contributed by atoms with E-state index in [-0.39, 0.29) is 25.2 Å². The highest BCUT2D eigenvalue weighted by Crippen LogP contribution is 2.17. The van der Waals surface area contributed by atoms with Crippen LogP contribution in [0.25, 0.3) is 0 Å². The summed E-state index contributed by atoms with van der Waals surface area (Å²) in [6.45, 7) is 4.13. The quantitative estimate of drug-likeness (QED) is 0.0374. The number of unbranched alkanes of at least 4 members (excludes halogenated alkanes) is 37. The number of carbonyl (C=O) groups excluding carboxylic acids is 2. The van der Waals surface area contributed by atoms with Gasteiger partial charge in [0.15, 0.2) is 6.10 Å². The fourth-order valence-corrected chi connectivity index (χ4v) is 8.50. The summed E-state index contributed by atoms with van der Waals surface area (Å²) in [5.74, 6) is -0.594. The highest BCUT2D eigenvalue weighted by atomic mass is 16.6. The Bertz CT molecular complexity index is 1080. The molecule has 0 saturated heterocycles. The number of aliphatic hydroxyl groups excluding tert-OH is 1. The topological polar surface area (TPSA) is 72.8 Å². The van der Waals surface area contributed by atoms with Gasteiger partial charge in [-0.3, -0.25) is 9.59 Å². The lowest BCUT2D eigenvalue weighted by molar-refractivity contribution is -0.161. The number of ether oxygens (including phenoxy) is 2. The predicted molar refractivity (Wildman–Crippen MR) is 284 cm³/mol. The minimum atomic E-state index is -0.776. The molecule has 5 heteroatoms. The number of rotatable bonds is 53. The van der Waals surface area contributed by atoms with Crippen LogP contribution in [0.1, 0.15) is 303 Å². The molecule has 380 valence electrons. The number of allylic oxidation sites excluding steroid dienone is 8. The van der Waals surface area contributed by atoms with Gasteiger partial charge in [-0.25, -0.2) is 0 Å². The van der Waals surface area contributed by atoms with Crippen molar-refractivity contribution < 1.29 is 24.2 Å². The SMILES string of the molecule is CCCCCC/C=C\C/C=C\CCCCCCCC(=O)OCC(CO)OC(=O)CCCCCCCCCCCCCCCCCCCCCCCCC/C=C\C/C=C\CCCCCCC. The monoisotopic (exact) mass is 911 g/mol. The van der Waals surface area contributed by atoms with E-state index in [1.165, 1.54) is 218 Å². The Kier molecular flexibility index (Phi) is 54.3. The minimum absolute atomic E-state index is 0.0703. The van der Waals surface area contributed by atoms with Crippen LogP contribution in [0, 0.1) is 0 Å². The highest BCUT2D eigenvalue weighted by molar-refractivity contribution is 5.70. The fraction of sp³-hybridized carbons (Fsp3) is 0.833. The van der Waals surface area contributed by atoms with Crippen molar-refractivity contribution in [3.05, 3.63) is 48.6 Å². The van der Waals surface area contributed by atoms with E-state index in [0.717, 1.165) is 57.8 Å². The van der Waals surface area contributed by atoms with Crippen LogP contribution in [-0.4, -0.2) is 36.4 Å². The van der Waals surface area contributed by atoms with Crippen molar-refractivity contribution >= 4 is 11.9 Å². The predicted octanol–water partition coefficient (Wildman–Crippen LogP) is 19.3. The van der Waals surface area contributed by atoms with E-state index in [2.05, 4.69) is 62.5 Å². The lowest BCUT2D eigenvalue weighted by Gasteiger charge is -2.15. The molecule has 1 N–H and O–H groups in total. The van der Waals surface area contributed by atoms with Crippen LogP contribution in [-0.2, 0) is 19.1 Å². The first-order valence-corrected chi connectivity index (χ1v) is 28.7. The number of hydrogen-bond acceptors (Lipinski definition) is 5. The third-order valence-corrected chi connectivity index (χ3v) is 12.8. The number of hydrogen-bond donors (Lipinski definition) is 1. The summed E-state index contributed by atoms with van der Waals surface area (Å²) < 4.78 is 10.7. The fourth-order valence-electron chi connectivity index (χ4n) is 8.50. The first-order valence-electron chi connectivity index (χ1n) is 28.7. The third-order valence-electron chi connectivity index (χ3n) is 12.8. The Morgan fingerprint density at radius 1 is 0.354 bits per heavy atom. The third kappa shape index (κ3) is 54.4. The number of carbonyl (C=O) groups is 2. The standard InChI is InChI=1S/C60H110O5/c1-3-5-7-9-11-13-15-17-19-21-22-23-24-25-26-27-28-29-30-31-32-33-34-35-36-37-38-39-41-43-45-47-49-51-53-55-60(63)65-58(56-61)57-64-59(62)54-52-50-48-46-44-42-40-20-18-16-14-12-10-8-6-4-2/h14-17,20-22,40,58,61H,3-13,18-19,23-39,41-57H2,1-2H3/b16-14-,17-15-,22-21-,40-20-. The smallest absolute Gasteiger partial charge is 0.306 e. The van der Waals surface area contributed by atoms with Crippen LogP contribution in [0.2, 0.25) is 0 Å². The summed E-state index contributed by atoms with van der Waals surface area (Å²) >= 11 is 0. The summed E-state index contributed by atoms with van der Waals surface area (Å²) in [6.07, 6.45) is 73.9. The van der Waals surface area contributed by atoms with E-state index in [1.807, 2.05) is 0 Å². The molecule has 0 heterocycles. The lowest BCUT2D eigenvalue weighted by Crippen LogP contribution is -2.28. The van der Waals surface area contributed by atoms with E-state index < -0.39 is 6.10 Å². The zero-order valence-electron chi connectivity index (χ0n) is 43.5. The lowest BCUT2D eigenvalue weighted by atomic mass is 10.0. The zero-order chi connectivity index (χ0) is 47.0. The van der Waals surface area contributed by atoms with Crippen molar-refractivity contribution in [3.63, 3.8) is 0 Å². The summed E-state index contributed by atoms with van der Waals surface area (Å²) in [5, 5.41) is 9.63. The van der Waals surface area contributed by atoms with Gasteiger partial charge in [0.2, 0.25) is 0 Å². The molecule has 0 aliphatic rings. The molecule has 0 spiro atoms. The number of esters is 2. The molecule has 0 rings (SSSR count). The van der Waals surface area contributed by atoms with E-state index in [9.17, 15) is 14.7 Å². The molecule has 0 bridgehead atoms. The molecule has 0 aromatic carbocycles. The summed E-state index contributed by atoms with van der Waals surface area (Å²) in [4.78, 5) is 24.5. The Morgan fingerprint density at radius 2 is 0.615 bits per heavy atom. The molecule has 0 radical (unpaired) electrons. The van der Waals surface area contributed by atoms with E-state index in [0.29, 0.717) is 12.8 Å². The largest absolute Gasteiger partial charge is 0.462 e. The van der Waals surface area contributed by atoms with Gasteiger partial charge in [-0.05, 0) is 77.0 Å². The molecule has 1 unspecified atom stereocenters. The molecule has 1 atom stereocenters. The average molecular weight is 912 g/mol. The average Bonchev–Trinajstić information content (AvgIpc) is 3.31. The van der Waals surface area contributed by atoms with Crippen molar-refractivity contribution in [3.8, 4) is 0 Å². The first-order chi connectivity index (χ1) is 32.1. The van der Waals surface area contributed by atoms with Crippen LogP contribution < -0.4 is 0 Å². The van der Waals surface area contributed by atoms with Gasteiger partial charge in [0.05, 0.1) is 6.61 Å². The van der Waals surface area contributed by atoms with Gasteiger partial charge in [-0.15, -0.1) is 0 Å². The van der Waals surface area contributed by atoms with E-state index in [1.54, 1.807) is 0 Å². The van der Waals surface area contributed by atoms with Crippen molar-refractivity contribution in [1.29, 1.82) is 0 Å². The molecule has 5 nitrogen and oxygen atoms in total. The molecule has 0 aromatic rings. The molecule has 0 aliphatic carbocycles. The molecule has 0 aliphatic heterocycles. The summed E-state index contributed by atoms with van der Waals surface area (Å²) in [7, 11) is 0. The molecule has 65 heavy (non-hydrogen) atoms. The molecule has 0 fully saturated rings. The maximum Gasteiger partial charge on any atom is 0.306 e. The molecule has 0 amide bonds. The van der Waals surface area contributed by atoms with Gasteiger partial charge in [0.25, 0.3) is 0 Å².